The Morgan fingerprint density at radius 2 is 2.08 bits per heavy atom. The Kier molecular flexibility index (Phi) is 3.75. The van der Waals surface area contributed by atoms with Crippen molar-refractivity contribution in [1.82, 2.24) is 0 Å². The van der Waals surface area contributed by atoms with Crippen LogP contribution in [0.5, 0.6) is 5.75 Å². The van der Waals surface area contributed by atoms with Gasteiger partial charge in [-0.1, -0.05) is 0 Å². The van der Waals surface area contributed by atoms with Crippen molar-refractivity contribution in [2.75, 3.05) is 6.61 Å². The molecule has 0 amide bonds. The van der Waals surface area contributed by atoms with E-state index in [0.29, 0.717) is 4.47 Å². The van der Waals surface area contributed by atoms with Crippen LogP contribution in [0.2, 0.25) is 0 Å². The minimum absolute atomic E-state index is 0.206. The van der Waals surface area contributed by atoms with Crippen LogP contribution in [0.25, 0.3) is 0 Å². The number of rotatable bonds is 3. The molecular weight excluding hydrogens is 232 g/mol. The van der Waals surface area contributed by atoms with E-state index in [0.717, 1.165) is 18.4 Å². The van der Waals surface area contributed by atoms with E-state index in [2.05, 4.69) is 15.9 Å². The van der Waals surface area contributed by atoms with Gasteiger partial charge in [-0.2, -0.15) is 0 Å². The minimum atomic E-state index is 0.206. The Bertz CT molecular complexity index is 297. The van der Waals surface area contributed by atoms with Crippen LogP contribution in [0, 0.1) is 6.92 Å². The summed E-state index contributed by atoms with van der Waals surface area (Å²) >= 11 is 3.26. The molecule has 3 heteroatoms. The number of aryl methyl sites for hydroxylation is 2. The molecule has 2 nitrogen and oxygen atoms in total. The molecule has 0 aromatic heterocycles. The third-order valence-electron chi connectivity index (χ3n) is 2.01. The molecule has 1 aromatic carbocycles. The molecule has 0 spiro atoms. The molecule has 0 heterocycles. The van der Waals surface area contributed by atoms with E-state index in [-0.39, 0.29) is 12.4 Å². The van der Waals surface area contributed by atoms with E-state index in [1.54, 1.807) is 6.07 Å². The van der Waals surface area contributed by atoms with Gasteiger partial charge >= 0.3 is 0 Å². The van der Waals surface area contributed by atoms with Crippen LogP contribution in [0.1, 0.15) is 17.5 Å². The normalized spacial score (nSPS) is 10.4. The smallest absolute Gasteiger partial charge is 0.130 e. The fourth-order valence-electron chi connectivity index (χ4n) is 1.25. The van der Waals surface area contributed by atoms with Crippen LogP contribution in [0.3, 0.4) is 0 Å². The van der Waals surface area contributed by atoms with Gasteiger partial charge in [0.15, 0.2) is 0 Å². The molecule has 0 saturated carbocycles. The number of aliphatic hydroxyl groups is 1. The summed E-state index contributed by atoms with van der Waals surface area (Å²) in [5.41, 5.74) is 2.23. The second-order valence-corrected chi connectivity index (χ2v) is 3.91. The number of hydrogen-bond acceptors (Lipinski definition) is 2. The van der Waals surface area contributed by atoms with E-state index < -0.39 is 0 Å². The number of aliphatic hydroxyl groups excluding tert-OH is 1. The van der Waals surface area contributed by atoms with E-state index in [1.807, 2.05) is 13.0 Å². The molecule has 0 aliphatic carbocycles. The van der Waals surface area contributed by atoms with Crippen molar-refractivity contribution in [3.63, 3.8) is 0 Å². The van der Waals surface area contributed by atoms with Gasteiger partial charge in [-0.05, 0) is 59.0 Å². The van der Waals surface area contributed by atoms with Gasteiger partial charge in [0.1, 0.15) is 5.75 Å². The SMILES string of the molecule is Cc1cc(O)c(Br)cc1CCCO. The predicted molar refractivity (Wildman–Crippen MR) is 56.0 cm³/mol. The number of phenolic OH excluding ortho intramolecular Hbond substituents is 1. The maximum Gasteiger partial charge on any atom is 0.130 e. The van der Waals surface area contributed by atoms with Gasteiger partial charge in [-0.25, -0.2) is 0 Å². The topological polar surface area (TPSA) is 40.5 Å². The van der Waals surface area contributed by atoms with Crippen molar-refractivity contribution in [1.29, 1.82) is 0 Å². The molecule has 0 aliphatic rings. The Labute approximate surface area is 86.3 Å². The zero-order valence-electron chi connectivity index (χ0n) is 7.55. The van der Waals surface area contributed by atoms with E-state index >= 15 is 0 Å². The monoisotopic (exact) mass is 244 g/mol. The van der Waals surface area contributed by atoms with Crippen LogP contribution >= 0.6 is 15.9 Å². The quantitative estimate of drug-likeness (QED) is 0.858. The summed E-state index contributed by atoms with van der Waals surface area (Å²) in [7, 11) is 0. The number of halogens is 1. The largest absolute Gasteiger partial charge is 0.507 e. The van der Waals surface area contributed by atoms with Crippen molar-refractivity contribution >= 4 is 15.9 Å². The third kappa shape index (κ3) is 2.71. The van der Waals surface area contributed by atoms with Crippen molar-refractivity contribution in [2.24, 2.45) is 0 Å². The second-order valence-electron chi connectivity index (χ2n) is 3.06. The highest BCUT2D eigenvalue weighted by Gasteiger charge is 2.03. The van der Waals surface area contributed by atoms with Crippen LogP contribution < -0.4 is 0 Å². The number of benzene rings is 1. The van der Waals surface area contributed by atoms with Gasteiger partial charge in [-0.3, -0.25) is 0 Å². The number of aromatic hydroxyl groups is 1. The van der Waals surface area contributed by atoms with Crippen LogP contribution in [-0.4, -0.2) is 16.8 Å². The minimum Gasteiger partial charge on any atom is -0.507 e. The summed E-state index contributed by atoms with van der Waals surface area (Å²) < 4.78 is 0.714. The van der Waals surface area contributed by atoms with Gasteiger partial charge in [0.2, 0.25) is 0 Å². The van der Waals surface area contributed by atoms with Crippen molar-refractivity contribution in [3.05, 3.63) is 27.7 Å². The first-order valence-electron chi connectivity index (χ1n) is 4.24. The second kappa shape index (κ2) is 4.63. The molecule has 1 rings (SSSR count). The van der Waals surface area contributed by atoms with Gasteiger partial charge in [0, 0.05) is 6.61 Å². The van der Waals surface area contributed by atoms with Crippen LogP contribution in [0.15, 0.2) is 16.6 Å². The lowest BCUT2D eigenvalue weighted by atomic mass is 10.0. The summed E-state index contributed by atoms with van der Waals surface area (Å²) in [5.74, 6) is 0.269. The average Bonchev–Trinajstić information content (AvgIpc) is 2.09. The third-order valence-corrected chi connectivity index (χ3v) is 2.64. The van der Waals surface area contributed by atoms with Gasteiger partial charge in [0.05, 0.1) is 4.47 Å². The molecule has 0 aliphatic heterocycles. The molecule has 0 atom stereocenters. The Hall–Kier alpha value is -0.540. The first-order valence-corrected chi connectivity index (χ1v) is 5.03. The molecular formula is C10H13BrO2. The number of phenols is 1. The molecule has 0 fully saturated rings. The van der Waals surface area contributed by atoms with Crippen molar-refractivity contribution in [2.45, 2.75) is 19.8 Å². The maximum absolute atomic E-state index is 9.35. The maximum atomic E-state index is 9.35. The van der Waals surface area contributed by atoms with Crippen LogP contribution in [0.4, 0.5) is 0 Å². The lowest BCUT2D eigenvalue weighted by Gasteiger charge is -2.06. The van der Waals surface area contributed by atoms with E-state index in [1.165, 1.54) is 5.56 Å². The summed E-state index contributed by atoms with van der Waals surface area (Å²) in [6.07, 6.45) is 1.61. The molecule has 2 N–H and O–H groups in total. The first kappa shape index (κ1) is 10.5. The van der Waals surface area contributed by atoms with Gasteiger partial charge in [-0.15, -0.1) is 0 Å². The fraction of sp³-hybridized carbons (Fsp3) is 0.400. The lowest BCUT2D eigenvalue weighted by Crippen LogP contribution is -1.92. The lowest BCUT2D eigenvalue weighted by molar-refractivity contribution is 0.288. The fourth-order valence-corrected chi connectivity index (χ4v) is 1.64. The molecule has 0 radical (unpaired) electrons. The van der Waals surface area contributed by atoms with Gasteiger partial charge < -0.3 is 10.2 Å². The van der Waals surface area contributed by atoms with Crippen molar-refractivity contribution < 1.29 is 10.2 Å². The first-order chi connectivity index (χ1) is 6.15. The zero-order valence-corrected chi connectivity index (χ0v) is 9.13. The predicted octanol–water partition coefficient (Wildman–Crippen LogP) is 2.39. The molecule has 72 valence electrons. The average molecular weight is 245 g/mol. The molecule has 0 saturated heterocycles. The standard InChI is InChI=1S/C10H13BrO2/c1-7-5-10(13)9(11)6-8(7)3-2-4-12/h5-6,12-13H,2-4H2,1H3. The number of hydrogen-bond donors (Lipinski definition) is 2. The Morgan fingerprint density at radius 3 is 2.69 bits per heavy atom. The summed E-state index contributed by atoms with van der Waals surface area (Å²) in [6, 6.07) is 3.64. The van der Waals surface area contributed by atoms with Gasteiger partial charge in [0.25, 0.3) is 0 Å². The highest BCUT2D eigenvalue weighted by Crippen LogP contribution is 2.27. The van der Waals surface area contributed by atoms with E-state index in [4.69, 9.17) is 5.11 Å². The highest BCUT2D eigenvalue weighted by molar-refractivity contribution is 9.10. The summed E-state index contributed by atoms with van der Waals surface area (Å²) in [6.45, 7) is 2.16. The van der Waals surface area contributed by atoms with E-state index in [9.17, 15) is 5.11 Å². The molecule has 0 bridgehead atoms. The molecule has 13 heavy (non-hydrogen) atoms. The Balaban J connectivity index is 2.88. The molecule has 1 aromatic rings. The molecule has 0 unspecified atom stereocenters. The summed E-state index contributed by atoms with van der Waals surface area (Å²) in [5, 5.41) is 18.0. The van der Waals surface area contributed by atoms with Crippen molar-refractivity contribution in [3.8, 4) is 5.75 Å². The highest BCUT2D eigenvalue weighted by atomic mass is 79.9. The Morgan fingerprint density at radius 1 is 1.38 bits per heavy atom. The van der Waals surface area contributed by atoms with Crippen LogP contribution in [-0.2, 0) is 6.42 Å². The summed E-state index contributed by atoms with van der Waals surface area (Å²) in [4.78, 5) is 0. The zero-order chi connectivity index (χ0) is 9.84.